The quantitative estimate of drug-likeness (QED) is 0.685. The maximum atomic E-state index is 12.4. The van der Waals surface area contributed by atoms with Crippen LogP contribution >= 0.6 is 11.3 Å². The number of rotatable bonds is 7. The summed E-state index contributed by atoms with van der Waals surface area (Å²) in [5.41, 5.74) is 1.96. The van der Waals surface area contributed by atoms with Crippen LogP contribution in [0.3, 0.4) is 0 Å². The molecule has 0 bridgehead atoms. The van der Waals surface area contributed by atoms with E-state index in [1.165, 1.54) is 18.3 Å². The molecule has 0 saturated heterocycles. The number of hydrogen-bond acceptors (Lipinski definition) is 6. The minimum Gasteiger partial charge on any atom is -0.462 e. The van der Waals surface area contributed by atoms with Gasteiger partial charge >= 0.3 is 12.1 Å². The number of ether oxygens (including phenoxy) is 2. The number of nitrogens with one attached hydrogen (secondary N) is 2. The van der Waals surface area contributed by atoms with Crippen molar-refractivity contribution in [2.24, 2.45) is 0 Å². The molecule has 0 saturated carbocycles. The predicted octanol–water partition coefficient (Wildman–Crippen LogP) is 3.80. The Kier molecular flexibility index (Phi) is 7.57. The molecule has 1 aromatic carbocycles. The summed E-state index contributed by atoms with van der Waals surface area (Å²) in [5.74, 6) is -0.939. The van der Waals surface area contributed by atoms with Crippen LogP contribution in [0.15, 0.2) is 30.3 Å². The standard InChI is InChI=1S/C20H24N2O5S/c1-5-26-19(24)16-12(2)14(4)28-18(16)22-17(23)13(3)21-20(25)27-11-15-9-7-6-8-10-15/h6-10,13H,5,11H2,1-4H3,(H,21,25)(H,22,23)/t13-/m0/s1. The first-order chi connectivity index (χ1) is 13.3. The summed E-state index contributed by atoms with van der Waals surface area (Å²) < 4.78 is 10.2. The Morgan fingerprint density at radius 1 is 1.11 bits per heavy atom. The van der Waals surface area contributed by atoms with Crippen LogP contribution in [0, 0.1) is 13.8 Å². The van der Waals surface area contributed by atoms with Crippen molar-refractivity contribution in [3.05, 3.63) is 51.9 Å². The molecule has 8 heteroatoms. The van der Waals surface area contributed by atoms with Crippen LogP contribution in [0.1, 0.15) is 40.2 Å². The first-order valence-electron chi connectivity index (χ1n) is 8.88. The number of hydrogen-bond donors (Lipinski definition) is 2. The maximum absolute atomic E-state index is 12.4. The summed E-state index contributed by atoms with van der Waals surface area (Å²) in [6, 6.07) is 8.39. The fourth-order valence-corrected chi connectivity index (χ4v) is 3.44. The molecule has 0 radical (unpaired) electrons. The van der Waals surface area contributed by atoms with Gasteiger partial charge in [-0.2, -0.15) is 0 Å². The smallest absolute Gasteiger partial charge is 0.408 e. The van der Waals surface area contributed by atoms with E-state index in [0.717, 1.165) is 16.0 Å². The summed E-state index contributed by atoms with van der Waals surface area (Å²) in [7, 11) is 0. The second-order valence-corrected chi connectivity index (χ2v) is 7.35. The number of carbonyl (C=O) groups is 3. The Labute approximate surface area is 168 Å². The lowest BCUT2D eigenvalue weighted by molar-refractivity contribution is -0.117. The lowest BCUT2D eigenvalue weighted by atomic mass is 10.1. The molecule has 1 aromatic heterocycles. The highest BCUT2D eigenvalue weighted by Crippen LogP contribution is 2.33. The van der Waals surface area contributed by atoms with E-state index < -0.39 is 24.0 Å². The largest absolute Gasteiger partial charge is 0.462 e. The number of anilines is 1. The molecule has 0 aliphatic rings. The Bertz CT molecular complexity index is 848. The van der Waals surface area contributed by atoms with Crippen molar-refractivity contribution >= 4 is 34.3 Å². The van der Waals surface area contributed by atoms with Gasteiger partial charge in [-0.15, -0.1) is 11.3 Å². The van der Waals surface area contributed by atoms with Gasteiger partial charge in [-0.3, -0.25) is 4.79 Å². The van der Waals surface area contributed by atoms with Gasteiger partial charge in [0, 0.05) is 4.88 Å². The molecule has 2 rings (SSSR count). The molecule has 1 heterocycles. The van der Waals surface area contributed by atoms with Crippen LogP contribution in [-0.2, 0) is 20.9 Å². The zero-order chi connectivity index (χ0) is 20.7. The molecule has 2 aromatic rings. The molecule has 0 spiro atoms. The van der Waals surface area contributed by atoms with Crippen molar-refractivity contribution in [2.75, 3.05) is 11.9 Å². The molecular weight excluding hydrogens is 380 g/mol. The number of carbonyl (C=O) groups excluding carboxylic acids is 3. The highest BCUT2D eigenvalue weighted by Gasteiger charge is 2.24. The number of esters is 1. The van der Waals surface area contributed by atoms with Gasteiger partial charge in [0.2, 0.25) is 5.91 Å². The minimum absolute atomic E-state index is 0.108. The topological polar surface area (TPSA) is 93.7 Å². The van der Waals surface area contributed by atoms with E-state index in [2.05, 4.69) is 10.6 Å². The van der Waals surface area contributed by atoms with Crippen LogP contribution < -0.4 is 10.6 Å². The third-order valence-corrected chi connectivity index (χ3v) is 5.16. The van der Waals surface area contributed by atoms with Crippen molar-refractivity contribution in [1.82, 2.24) is 5.32 Å². The van der Waals surface area contributed by atoms with Crippen LogP contribution in [0.25, 0.3) is 0 Å². The molecule has 2 amide bonds. The van der Waals surface area contributed by atoms with Crippen molar-refractivity contribution in [2.45, 2.75) is 40.3 Å². The van der Waals surface area contributed by atoms with Gasteiger partial charge in [0.15, 0.2) is 0 Å². The van der Waals surface area contributed by atoms with Crippen LogP contribution in [0.2, 0.25) is 0 Å². The summed E-state index contributed by atoms with van der Waals surface area (Å²) >= 11 is 1.29. The molecule has 7 nitrogen and oxygen atoms in total. The molecular formula is C20H24N2O5S. The molecule has 0 fully saturated rings. The first-order valence-corrected chi connectivity index (χ1v) is 9.70. The van der Waals surface area contributed by atoms with Crippen LogP contribution in [0.4, 0.5) is 9.80 Å². The van der Waals surface area contributed by atoms with E-state index in [0.29, 0.717) is 10.6 Å². The zero-order valence-electron chi connectivity index (χ0n) is 16.3. The summed E-state index contributed by atoms with van der Waals surface area (Å²) in [4.78, 5) is 37.5. The Morgan fingerprint density at radius 2 is 1.79 bits per heavy atom. The van der Waals surface area contributed by atoms with Crippen LogP contribution in [-0.4, -0.2) is 30.6 Å². The zero-order valence-corrected chi connectivity index (χ0v) is 17.1. The van der Waals surface area contributed by atoms with Gasteiger partial charge < -0.3 is 20.1 Å². The second kappa shape index (κ2) is 9.89. The molecule has 2 N–H and O–H groups in total. The van der Waals surface area contributed by atoms with Crippen molar-refractivity contribution in [3.63, 3.8) is 0 Å². The third-order valence-electron chi connectivity index (χ3n) is 4.04. The van der Waals surface area contributed by atoms with Gasteiger partial charge in [0.05, 0.1) is 12.2 Å². The van der Waals surface area contributed by atoms with Crippen molar-refractivity contribution < 1.29 is 23.9 Å². The second-order valence-electron chi connectivity index (χ2n) is 6.12. The number of benzene rings is 1. The number of amides is 2. The fourth-order valence-electron chi connectivity index (χ4n) is 2.39. The first kappa shape index (κ1) is 21.4. The van der Waals surface area contributed by atoms with Gasteiger partial charge in [0.1, 0.15) is 17.6 Å². The van der Waals surface area contributed by atoms with E-state index >= 15 is 0 Å². The number of thiophene rings is 1. The molecule has 0 unspecified atom stereocenters. The molecule has 0 aliphatic carbocycles. The Morgan fingerprint density at radius 3 is 2.43 bits per heavy atom. The van der Waals surface area contributed by atoms with Gasteiger partial charge in [0.25, 0.3) is 0 Å². The lowest BCUT2D eigenvalue weighted by Gasteiger charge is -2.14. The van der Waals surface area contributed by atoms with Crippen molar-refractivity contribution in [3.8, 4) is 0 Å². The highest BCUT2D eigenvalue weighted by molar-refractivity contribution is 7.16. The SMILES string of the molecule is CCOC(=O)c1c(NC(=O)[C@H](C)NC(=O)OCc2ccccc2)sc(C)c1C. The molecule has 0 aliphatic heterocycles. The normalized spacial score (nSPS) is 11.4. The average molecular weight is 404 g/mol. The molecule has 28 heavy (non-hydrogen) atoms. The predicted molar refractivity (Wildman–Crippen MR) is 108 cm³/mol. The molecule has 150 valence electrons. The monoisotopic (exact) mass is 404 g/mol. The van der Waals surface area contributed by atoms with Gasteiger partial charge in [-0.1, -0.05) is 30.3 Å². The number of alkyl carbamates (subject to hydrolysis) is 1. The summed E-state index contributed by atoms with van der Waals surface area (Å²) in [6.07, 6.45) is -0.698. The minimum atomic E-state index is -0.846. The third kappa shape index (κ3) is 5.56. The van der Waals surface area contributed by atoms with E-state index in [1.807, 2.05) is 37.3 Å². The Balaban J connectivity index is 1.96. The van der Waals surface area contributed by atoms with Crippen molar-refractivity contribution in [1.29, 1.82) is 0 Å². The maximum Gasteiger partial charge on any atom is 0.408 e. The fraction of sp³-hybridized carbons (Fsp3) is 0.350. The van der Waals surface area contributed by atoms with E-state index in [-0.39, 0.29) is 13.2 Å². The van der Waals surface area contributed by atoms with E-state index in [4.69, 9.17) is 9.47 Å². The molecule has 1 atom stereocenters. The van der Waals surface area contributed by atoms with E-state index in [9.17, 15) is 14.4 Å². The summed E-state index contributed by atoms with van der Waals surface area (Å²) in [6.45, 7) is 7.27. The van der Waals surface area contributed by atoms with Gasteiger partial charge in [-0.25, -0.2) is 9.59 Å². The average Bonchev–Trinajstić information content (AvgIpc) is 2.94. The highest BCUT2D eigenvalue weighted by atomic mass is 32.1. The Hall–Kier alpha value is -2.87. The van der Waals surface area contributed by atoms with Crippen LogP contribution in [0.5, 0.6) is 0 Å². The number of aryl methyl sites for hydroxylation is 1. The van der Waals surface area contributed by atoms with E-state index in [1.54, 1.807) is 13.8 Å². The lowest BCUT2D eigenvalue weighted by Crippen LogP contribution is -2.41. The summed E-state index contributed by atoms with van der Waals surface area (Å²) in [5, 5.41) is 5.59. The van der Waals surface area contributed by atoms with Gasteiger partial charge in [-0.05, 0) is 38.8 Å².